The molecule has 1 aromatic heterocycles. The molecule has 0 amide bonds. The van der Waals surface area contributed by atoms with Crippen LogP contribution in [-0.2, 0) is 45.8 Å². The SMILES string of the molecule is O=C(O)CCSC1=C(/C=C/c2cc(-c3ccc(S(=O)(=O)[O-])cc3)cc(-c3ccccc3)[s+]2)CCC/C1=C\C=C1/C=C(c2ccc(S(=O)(=O)O)cc2)C=C(c2ccc(S(=O)(=O)O)cc2)S1.O=S(=O)=O. The van der Waals surface area contributed by atoms with Crippen LogP contribution in [0, 0.1) is 0 Å². The molecule has 7 rings (SSSR count). The van der Waals surface area contributed by atoms with Gasteiger partial charge in [0.05, 0.1) is 21.1 Å². The van der Waals surface area contributed by atoms with Crippen molar-refractivity contribution in [1.82, 2.24) is 0 Å². The highest BCUT2D eigenvalue weighted by atomic mass is 32.2. The average Bonchev–Trinajstić information content (AvgIpc) is 3.29. The van der Waals surface area contributed by atoms with Gasteiger partial charge in [-0.3, -0.25) is 13.9 Å². The monoisotopic (exact) mass is 1050 g/mol. The summed E-state index contributed by atoms with van der Waals surface area (Å²) in [7, 11) is -16.6. The highest BCUT2D eigenvalue weighted by molar-refractivity contribution is 8.12. The number of carbonyl (C=O) groups is 1. The van der Waals surface area contributed by atoms with Crippen molar-refractivity contribution in [3.63, 3.8) is 0 Å². The van der Waals surface area contributed by atoms with Crippen molar-refractivity contribution < 1.29 is 61.4 Å². The Bertz CT molecular complexity index is 3370. The number of benzene rings is 4. The average molecular weight is 1050 g/mol. The number of carboxylic acid groups (broad SMARTS) is 1. The van der Waals surface area contributed by atoms with E-state index in [1.807, 2.05) is 72.8 Å². The third-order valence-corrected chi connectivity index (χ3v) is 15.9. The van der Waals surface area contributed by atoms with Gasteiger partial charge >= 0.3 is 16.6 Å². The first kappa shape index (κ1) is 51.8. The fourth-order valence-electron chi connectivity index (χ4n) is 6.87. The Kier molecular flexibility index (Phi) is 17.3. The fourth-order valence-corrected chi connectivity index (χ4v) is 11.5. The van der Waals surface area contributed by atoms with Gasteiger partial charge in [0.2, 0.25) is 21.1 Å². The van der Waals surface area contributed by atoms with Crippen molar-refractivity contribution in [1.29, 1.82) is 0 Å². The van der Waals surface area contributed by atoms with Crippen molar-refractivity contribution in [3.8, 4) is 21.6 Å². The third kappa shape index (κ3) is 14.7. The molecule has 0 radical (unpaired) electrons. The summed E-state index contributed by atoms with van der Waals surface area (Å²) >= 11 is 4.46. The molecule has 1 aliphatic carbocycles. The molecule has 21 heteroatoms. The molecule has 0 atom stereocenters. The van der Waals surface area contributed by atoms with E-state index in [4.69, 9.17) is 12.6 Å². The second-order valence-corrected chi connectivity index (χ2v) is 22.6. The summed E-state index contributed by atoms with van der Waals surface area (Å²) in [5.74, 6) is -0.571. The molecule has 4 aromatic carbocycles. The van der Waals surface area contributed by atoms with E-state index in [0.29, 0.717) is 22.5 Å². The van der Waals surface area contributed by atoms with E-state index in [1.165, 1.54) is 59.9 Å². The fraction of sp³-hybridized carbons (Fsp3) is 0.106. The lowest BCUT2D eigenvalue weighted by molar-refractivity contribution is -0.136. The molecule has 68 heavy (non-hydrogen) atoms. The molecule has 352 valence electrons. The minimum absolute atomic E-state index is 0.0423. The normalized spacial score (nSPS) is 15.7. The second-order valence-electron chi connectivity index (χ2n) is 14.7. The number of hydrogen-bond donors (Lipinski definition) is 3. The maximum Gasteiger partial charge on any atom is 0.425 e. The van der Waals surface area contributed by atoms with Gasteiger partial charge in [-0.15, -0.1) is 24.4 Å². The second kappa shape index (κ2) is 22.7. The molecule has 0 saturated carbocycles. The topological polar surface area (TPSA) is 254 Å². The van der Waals surface area contributed by atoms with Gasteiger partial charge < -0.3 is 9.66 Å². The summed E-state index contributed by atoms with van der Waals surface area (Å²) in [6.07, 6.45) is 14.1. The Balaban J connectivity index is 0.00000183. The van der Waals surface area contributed by atoms with Crippen molar-refractivity contribution in [2.24, 2.45) is 0 Å². The van der Waals surface area contributed by atoms with Crippen LogP contribution in [0.4, 0.5) is 0 Å². The van der Waals surface area contributed by atoms with Crippen LogP contribution >= 0.6 is 34.9 Å². The van der Waals surface area contributed by atoms with Crippen LogP contribution in [0.15, 0.2) is 181 Å². The maximum absolute atomic E-state index is 11.8. The van der Waals surface area contributed by atoms with Gasteiger partial charge in [-0.05, 0) is 125 Å². The first-order valence-electron chi connectivity index (χ1n) is 19.9. The number of rotatable bonds is 14. The summed E-state index contributed by atoms with van der Waals surface area (Å²) < 4.78 is 126. The third-order valence-electron chi connectivity index (χ3n) is 10.0. The zero-order chi connectivity index (χ0) is 49.2. The molecule has 0 spiro atoms. The Morgan fingerprint density at radius 3 is 1.84 bits per heavy atom. The zero-order valence-corrected chi connectivity index (χ0v) is 40.9. The molecule has 0 unspecified atom stereocenters. The van der Waals surface area contributed by atoms with E-state index in [0.717, 1.165) is 71.6 Å². The molecule has 2 aliphatic rings. The number of aliphatic carboxylic acids is 1. The highest BCUT2D eigenvalue weighted by Crippen LogP contribution is 2.44. The van der Waals surface area contributed by atoms with Gasteiger partial charge in [0.15, 0.2) is 0 Å². The Morgan fingerprint density at radius 2 is 1.26 bits per heavy atom. The van der Waals surface area contributed by atoms with Crippen molar-refractivity contribution in [2.45, 2.75) is 40.4 Å². The van der Waals surface area contributed by atoms with E-state index in [1.54, 1.807) is 47.7 Å². The summed E-state index contributed by atoms with van der Waals surface area (Å²) in [6, 6.07) is 31.2. The molecule has 0 bridgehead atoms. The zero-order valence-electron chi connectivity index (χ0n) is 35.2. The molecule has 14 nitrogen and oxygen atoms in total. The van der Waals surface area contributed by atoms with Crippen LogP contribution in [-0.4, -0.2) is 68.4 Å². The van der Waals surface area contributed by atoms with Crippen molar-refractivity contribution >= 4 is 98.3 Å². The lowest BCUT2D eigenvalue weighted by atomic mass is 9.94. The van der Waals surface area contributed by atoms with Gasteiger partial charge in [-0.25, -0.2) is 8.42 Å². The van der Waals surface area contributed by atoms with Gasteiger partial charge in [0.1, 0.15) is 10.1 Å². The molecule has 0 fully saturated rings. The molecular formula is C47H38O14S7. The summed E-state index contributed by atoms with van der Waals surface area (Å²) in [4.78, 5) is 15.2. The maximum atomic E-state index is 11.8. The van der Waals surface area contributed by atoms with Gasteiger partial charge in [-0.1, -0.05) is 78.5 Å². The molecule has 5 aromatic rings. The highest BCUT2D eigenvalue weighted by Gasteiger charge is 2.21. The van der Waals surface area contributed by atoms with Crippen LogP contribution < -0.4 is 0 Å². The van der Waals surface area contributed by atoms with E-state index in [-0.39, 0.29) is 21.1 Å². The molecule has 2 heterocycles. The van der Waals surface area contributed by atoms with Crippen molar-refractivity contribution in [2.75, 3.05) is 5.75 Å². The Labute approximate surface area is 407 Å². The largest absolute Gasteiger partial charge is 0.744 e. The molecule has 1 aliphatic heterocycles. The summed E-state index contributed by atoms with van der Waals surface area (Å²) in [5, 5.41) is 9.53. The first-order valence-corrected chi connectivity index (χ1v) is 27.9. The van der Waals surface area contributed by atoms with E-state index in [9.17, 15) is 48.8 Å². The lowest BCUT2D eigenvalue weighted by Gasteiger charge is -2.21. The molecule has 0 saturated heterocycles. The summed E-state index contributed by atoms with van der Waals surface area (Å²) in [6.45, 7) is 0. The lowest BCUT2D eigenvalue weighted by Crippen LogP contribution is -2.03. The smallest absolute Gasteiger partial charge is 0.425 e. The molecular weight excluding hydrogens is 1010 g/mol. The molecule has 3 N–H and O–H groups in total. The standard InChI is InChI=1S/C47H38O11S6.O3S/c48-46(49)25-26-59-47-35(9-17-39-27-37(29-44(60-39)33-5-2-1-3-6-33)31-11-19-41(20-12-31)62(50,51)52)7-4-8-36(47)10-18-40-28-38(32-13-21-42(22-14-32)63(53,54)55)30-45(61-40)34-15-23-43(24-16-34)64(56,57)58;1-4(2)3/h1-3,5-6,9-24,27-30H,4,7-8,25-26H2,(H3-,48,49,50,51,52,53,54,55,56,57,58);. The van der Waals surface area contributed by atoms with Gasteiger partial charge in [-0.2, -0.15) is 16.8 Å². The van der Waals surface area contributed by atoms with Gasteiger partial charge in [0.25, 0.3) is 20.2 Å². The van der Waals surface area contributed by atoms with E-state index >= 15 is 0 Å². The van der Waals surface area contributed by atoms with E-state index < -0.39 is 46.9 Å². The number of carboxylic acids is 1. The quantitative estimate of drug-likeness (QED) is 0.0690. The van der Waals surface area contributed by atoms with Gasteiger partial charge in [0, 0.05) is 44.2 Å². The predicted octanol–water partition coefficient (Wildman–Crippen LogP) is 10.1. The van der Waals surface area contributed by atoms with E-state index in [2.05, 4.69) is 6.08 Å². The van der Waals surface area contributed by atoms with Crippen LogP contribution in [0.1, 0.15) is 41.7 Å². The minimum atomic E-state index is -4.61. The number of hydrogen-bond acceptors (Lipinski definition) is 13. The van der Waals surface area contributed by atoms with Crippen molar-refractivity contribution in [3.05, 3.63) is 183 Å². The predicted molar refractivity (Wildman–Crippen MR) is 264 cm³/mol. The first-order chi connectivity index (χ1) is 32.1. The summed E-state index contributed by atoms with van der Waals surface area (Å²) in [5.41, 5.74) is 6.61. The number of thioether (sulfide) groups is 2. The minimum Gasteiger partial charge on any atom is -0.744 e. The van der Waals surface area contributed by atoms with Crippen LogP contribution in [0.3, 0.4) is 0 Å². The van der Waals surface area contributed by atoms with Crippen LogP contribution in [0.25, 0.3) is 38.1 Å². The number of allylic oxidation sites excluding steroid dienone is 8. The van der Waals surface area contributed by atoms with Crippen LogP contribution in [0.5, 0.6) is 0 Å². The Hall–Kier alpha value is -5.59. The van der Waals surface area contributed by atoms with Crippen LogP contribution in [0.2, 0.25) is 0 Å². The Morgan fingerprint density at radius 1 is 0.691 bits per heavy atom.